The summed E-state index contributed by atoms with van der Waals surface area (Å²) >= 11 is 1.69. The van der Waals surface area contributed by atoms with Crippen LogP contribution >= 0.6 is 11.8 Å². The Kier molecular flexibility index (Phi) is 8.33. The number of benzene rings is 1. The lowest BCUT2D eigenvalue weighted by molar-refractivity contribution is -0.113. The quantitative estimate of drug-likeness (QED) is 0.394. The standard InChI is InChI=1S/C19H28BNO2S/c1-5-16(6-2)24-13-17(22)21-15-11-9-14(10-12-15)18(23)19(20,7-3)8-4/h7,9-12,16H,3,5-6,8,13,20H2,1-2,4H3,(H,21,22). The monoisotopic (exact) mass is 345 g/mol. The SMILES string of the molecule is BC(C=C)(CC)C(=O)c1ccc(NC(=O)CSC(CC)CC)cc1. The molecule has 0 aromatic heterocycles. The third-order valence-corrected chi connectivity index (χ3v) is 6.06. The van der Waals surface area contributed by atoms with E-state index in [1.807, 2.05) is 14.8 Å². The fourth-order valence-electron chi connectivity index (χ4n) is 2.35. The molecule has 0 fully saturated rings. The first-order valence-corrected chi connectivity index (χ1v) is 9.64. The van der Waals surface area contributed by atoms with Crippen molar-refractivity contribution in [3.63, 3.8) is 0 Å². The van der Waals surface area contributed by atoms with Gasteiger partial charge in [-0.25, -0.2) is 0 Å². The van der Waals surface area contributed by atoms with Gasteiger partial charge in [0, 0.05) is 21.8 Å². The number of rotatable bonds is 10. The van der Waals surface area contributed by atoms with Gasteiger partial charge in [0.25, 0.3) is 0 Å². The summed E-state index contributed by atoms with van der Waals surface area (Å²) in [7, 11) is 1.90. The van der Waals surface area contributed by atoms with E-state index in [1.54, 1.807) is 42.1 Å². The van der Waals surface area contributed by atoms with Crippen LogP contribution in [0.25, 0.3) is 0 Å². The largest absolute Gasteiger partial charge is 0.325 e. The van der Waals surface area contributed by atoms with Gasteiger partial charge in [0.15, 0.2) is 5.78 Å². The van der Waals surface area contributed by atoms with Crippen molar-refractivity contribution >= 4 is 37.0 Å². The molecule has 0 heterocycles. The second kappa shape index (κ2) is 9.72. The molecule has 3 nitrogen and oxygen atoms in total. The highest BCUT2D eigenvalue weighted by molar-refractivity contribution is 8.00. The number of hydrogen-bond acceptors (Lipinski definition) is 3. The Bertz CT molecular complexity index is 569. The zero-order valence-electron chi connectivity index (χ0n) is 15.2. The van der Waals surface area contributed by atoms with E-state index in [2.05, 4.69) is 25.7 Å². The Morgan fingerprint density at radius 3 is 2.29 bits per heavy atom. The molecule has 0 saturated heterocycles. The number of carbonyl (C=O) groups is 2. The third kappa shape index (κ3) is 5.55. The molecule has 24 heavy (non-hydrogen) atoms. The van der Waals surface area contributed by atoms with Crippen molar-refractivity contribution in [3.05, 3.63) is 42.5 Å². The average molecular weight is 345 g/mol. The second-order valence-corrected chi connectivity index (χ2v) is 7.47. The lowest BCUT2D eigenvalue weighted by atomic mass is 9.63. The van der Waals surface area contributed by atoms with Crippen LogP contribution in [0, 0.1) is 0 Å². The molecule has 1 rings (SSSR count). The van der Waals surface area contributed by atoms with Gasteiger partial charge >= 0.3 is 0 Å². The Labute approximate surface area is 151 Å². The number of nitrogens with one attached hydrogen (secondary N) is 1. The Morgan fingerprint density at radius 1 is 1.25 bits per heavy atom. The molecule has 0 spiro atoms. The molecule has 1 aromatic rings. The highest BCUT2D eigenvalue weighted by atomic mass is 32.2. The van der Waals surface area contributed by atoms with Crippen LogP contribution in [0.3, 0.4) is 0 Å². The number of Topliss-reactive ketones (excluding diaryl/α,β-unsaturated/α-hetero) is 1. The van der Waals surface area contributed by atoms with Crippen LogP contribution in [-0.2, 0) is 4.79 Å². The maximum absolute atomic E-state index is 12.5. The summed E-state index contributed by atoms with van der Waals surface area (Å²) in [5.41, 5.74) is 1.36. The van der Waals surface area contributed by atoms with E-state index in [1.165, 1.54) is 0 Å². The first-order chi connectivity index (χ1) is 11.4. The molecule has 130 valence electrons. The number of anilines is 1. The molecule has 1 aromatic carbocycles. The van der Waals surface area contributed by atoms with Crippen molar-refractivity contribution in [2.24, 2.45) is 0 Å². The summed E-state index contributed by atoms with van der Waals surface area (Å²) in [6.45, 7) is 10.0. The predicted octanol–water partition coefficient (Wildman–Crippen LogP) is 4.12. The second-order valence-electron chi connectivity index (χ2n) is 6.18. The minimum Gasteiger partial charge on any atom is -0.325 e. The molecule has 0 bridgehead atoms. The molecular formula is C19H28BNO2S. The summed E-state index contributed by atoms with van der Waals surface area (Å²) < 4.78 is 0. The van der Waals surface area contributed by atoms with Gasteiger partial charge in [-0.3, -0.25) is 9.59 Å². The number of thioether (sulfide) groups is 1. The lowest BCUT2D eigenvalue weighted by Gasteiger charge is -2.22. The summed E-state index contributed by atoms with van der Waals surface area (Å²) in [6, 6.07) is 7.10. The Hall–Kier alpha value is -1.49. The van der Waals surface area contributed by atoms with Crippen LogP contribution in [-0.4, -0.2) is 30.5 Å². The van der Waals surface area contributed by atoms with Crippen molar-refractivity contribution in [1.82, 2.24) is 0 Å². The van der Waals surface area contributed by atoms with Gasteiger partial charge in [0.2, 0.25) is 5.91 Å². The smallest absolute Gasteiger partial charge is 0.234 e. The van der Waals surface area contributed by atoms with Gasteiger partial charge in [-0.1, -0.05) is 26.8 Å². The van der Waals surface area contributed by atoms with E-state index in [-0.39, 0.29) is 11.7 Å². The number of amides is 1. The first kappa shape index (κ1) is 20.6. The molecule has 1 amide bonds. The van der Waals surface area contributed by atoms with E-state index in [0.29, 0.717) is 23.0 Å². The van der Waals surface area contributed by atoms with Crippen LogP contribution in [0.2, 0.25) is 5.31 Å². The zero-order chi connectivity index (χ0) is 18.2. The van der Waals surface area contributed by atoms with Gasteiger partial charge in [-0.2, -0.15) is 0 Å². The highest BCUT2D eigenvalue weighted by Gasteiger charge is 2.28. The van der Waals surface area contributed by atoms with Crippen LogP contribution in [0.5, 0.6) is 0 Å². The minimum absolute atomic E-state index is 0.00420. The minimum atomic E-state index is -0.545. The normalized spacial score (nSPS) is 13.3. The Balaban J connectivity index is 2.66. The topological polar surface area (TPSA) is 46.2 Å². The van der Waals surface area contributed by atoms with Crippen molar-refractivity contribution in [2.75, 3.05) is 11.1 Å². The van der Waals surface area contributed by atoms with E-state index >= 15 is 0 Å². The third-order valence-electron chi connectivity index (χ3n) is 4.50. The summed E-state index contributed by atoms with van der Waals surface area (Å²) in [6.07, 6.45) is 4.57. The number of carbonyl (C=O) groups excluding carboxylic acids is 2. The summed E-state index contributed by atoms with van der Waals surface area (Å²) in [5.74, 6) is 0.509. The van der Waals surface area contributed by atoms with Crippen molar-refractivity contribution in [2.45, 2.75) is 50.6 Å². The molecule has 0 radical (unpaired) electrons. The van der Waals surface area contributed by atoms with Crippen molar-refractivity contribution < 1.29 is 9.59 Å². The fourth-order valence-corrected chi connectivity index (χ4v) is 3.28. The van der Waals surface area contributed by atoms with Crippen LogP contribution < -0.4 is 5.32 Å². The van der Waals surface area contributed by atoms with Crippen LogP contribution in [0.4, 0.5) is 5.69 Å². The maximum atomic E-state index is 12.5. The van der Waals surface area contributed by atoms with E-state index in [0.717, 1.165) is 18.5 Å². The molecule has 0 aliphatic heterocycles. The maximum Gasteiger partial charge on any atom is 0.234 e. The summed E-state index contributed by atoms with van der Waals surface area (Å²) in [5, 5.41) is 2.87. The average Bonchev–Trinajstić information content (AvgIpc) is 2.62. The highest BCUT2D eigenvalue weighted by Crippen LogP contribution is 2.32. The van der Waals surface area contributed by atoms with Gasteiger partial charge in [-0.05, 0) is 43.5 Å². The van der Waals surface area contributed by atoms with E-state index in [9.17, 15) is 9.59 Å². The molecule has 0 aliphatic carbocycles. The molecule has 0 saturated carbocycles. The van der Waals surface area contributed by atoms with Gasteiger partial charge in [0.05, 0.1) is 5.75 Å². The molecule has 1 unspecified atom stereocenters. The molecule has 5 heteroatoms. The van der Waals surface area contributed by atoms with Crippen molar-refractivity contribution in [3.8, 4) is 0 Å². The van der Waals surface area contributed by atoms with Gasteiger partial charge < -0.3 is 5.32 Å². The predicted molar refractivity (Wildman–Crippen MR) is 108 cm³/mol. The van der Waals surface area contributed by atoms with E-state index in [4.69, 9.17) is 0 Å². The first-order valence-electron chi connectivity index (χ1n) is 8.60. The van der Waals surface area contributed by atoms with Gasteiger partial charge in [-0.15, -0.1) is 18.3 Å². The molecule has 0 aliphatic rings. The Morgan fingerprint density at radius 2 is 1.83 bits per heavy atom. The lowest BCUT2D eigenvalue weighted by Crippen LogP contribution is -2.21. The van der Waals surface area contributed by atoms with E-state index < -0.39 is 5.31 Å². The fraction of sp³-hybridized carbons (Fsp3) is 0.474. The number of ketones is 1. The zero-order valence-corrected chi connectivity index (χ0v) is 16.0. The molecule has 1 N–H and O–H groups in total. The van der Waals surface area contributed by atoms with Crippen LogP contribution in [0.15, 0.2) is 36.9 Å². The van der Waals surface area contributed by atoms with Crippen LogP contribution in [0.1, 0.15) is 50.4 Å². The molecule has 1 atom stereocenters. The number of allylic oxidation sites excluding steroid dienone is 1. The van der Waals surface area contributed by atoms with Crippen molar-refractivity contribution in [1.29, 1.82) is 0 Å². The summed E-state index contributed by atoms with van der Waals surface area (Å²) in [4.78, 5) is 24.6. The van der Waals surface area contributed by atoms with Gasteiger partial charge in [0.1, 0.15) is 7.85 Å². The number of hydrogen-bond donors (Lipinski definition) is 1. The molecular weight excluding hydrogens is 317 g/mol.